The highest BCUT2D eigenvalue weighted by atomic mass is 16.5. The number of hydrogen-bond donors (Lipinski definition) is 0. The molecule has 1 aliphatic rings. The van der Waals surface area contributed by atoms with Gasteiger partial charge in [0.25, 0.3) is 0 Å². The van der Waals surface area contributed by atoms with Gasteiger partial charge in [0.1, 0.15) is 5.76 Å². The van der Waals surface area contributed by atoms with Crippen LogP contribution in [0.15, 0.2) is 11.8 Å². The summed E-state index contributed by atoms with van der Waals surface area (Å²) in [6, 6.07) is 0. The molecular weight excluding hydrogens is 140 g/mol. The van der Waals surface area contributed by atoms with E-state index in [4.69, 9.17) is 4.74 Å². The van der Waals surface area contributed by atoms with Crippen LogP contribution < -0.4 is 0 Å². The van der Waals surface area contributed by atoms with Crippen LogP contribution in [0, 0.1) is 5.41 Å². The Hall–Kier alpha value is -0.790. The summed E-state index contributed by atoms with van der Waals surface area (Å²) in [6.07, 6.45) is 2.42. The molecule has 0 aromatic rings. The van der Waals surface area contributed by atoms with Crippen molar-refractivity contribution in [2.75, 3.05) is 6.61 Å². The molecule has 0 aliphatic heterocycles. The summed E-state index contributed by atoms with van der Waals surface area (Å²) in [5.74, 6) is 1.05. The van der Waals surface area contributed by atoms with E-state index in [0.717, 1.165) is 12.2 Å². The topological polar surface area (TPSA) is 26.3 Å². The van der Waals surface area contributed by atoms with E-state index < -0.39 is 0 Å². The van der Waals surface area contributed by atoms with E-state index in [0.29, 0.717) is 6.61 Å². The van der Waals surface area contributed by atoms with E-state index >= 15 is 0 Å². The van der Waals surface area contributed by atoms with Crippen LogP contribution in [0.2, 0.25) is 0 Å². The smallest absolute Gasteiger partial charge is 0.172 e. The van der Waals surface area contributed by atoms with E-state index in [1.54, 1.807) is 6.08 Å². The maximum absolute atomic E-state index is 11.1. The van der Waals surface area contributed by atoms with E-state index in [-0.39, 0.29) is 11.2 Å². The predicted molar refractivity (Wildman–Crippen MR) is 43.1 cm³/mol. The van der Waals surface area contributed by atoms with E-state index in [1.165, 1.54) is 0 Å². The van der Waals surface area contributed by atoms with Crippen molar-refractivity contribution in [1.29, 1.82) is 0 Å². The Morgan fingerprint density at radius 2 is 2.18 bits per heavy atom. The van der Waals surface area contributed by atoms with Crippen LogP contribution >= 0.6 is 0 Å². The van der Waals surface area contributed by atoms with Gasteiger partial charge in [-0.05, 0) is 20.3 Å². The summed E-state index contributed by atoms with van der Waals surface area (Å²) in [7, 11) is 0. The van der Waals surface area contributed by atoms with Gasteiger partial charge in [-0.3, -0.25) is 4.79 Å². The molecule has 0 spiro atoms. The molecule has 0 amide bonds. The molecule has 2 heteroatoms. The minimum Gasteiger partial charge on any atom is -0.497 e. The Labute approximate surface area is 67.2 Å². The fourth-order valence-electron chi connectivity index (χ4n) is 1.19. The summed E-state index contributed by atoms with van der Waals surface area (Å²) < 4.78 is 5.30. The Balaban J connectivity index is 2.70. The van der Waals surface area contributed by atoms with Crippen molar-refractivity contribution in [2.45, 2.75) is 27.2 Å². The maximum atomic E-state index is 11.1. The molecule has 0 fully saturated rings. The van der Waals surface area contributed by atoms with E-state index in [2.05, 4.69) is 0 Å². The molecule has 0 saturated carbocycles. The summed E-state index contributed by atoms with van der Waals surface area (Å²) in [5.41, 5.74) is -0.310. The number of ketones is 1. The van der Waals surface area contributed by atoms with Crippen molar-refractivity contribution in [3.8, 4) is 0 Å². The molecule has 2 nitrogen and oxygen atoms in total. The number of rotatable bonds is 3. The van der Waals surface area contributed by atoms with Gasteiger partial charge in [-0.2, -0.15) is 0 Å². The summed E-state index contributed by atoms with van der Waals surface area (Å²) in [4.78, 5) is 11.1. The second-order valence-corrected chi connectivity index (χ2v) is 2.99. The number of ether oxygens (including phenoxy) is 1. The molecule has 0 saturated heterocycles. The van der Waals surface area contributed by atoms with Gasteiger partial charge < -0.3 is 4.74 Å². The first-order valence-electron chi connectivity index (χ1n) is 4.04. The Kier molecular flexibility index (Phi) is 2.03. The van der Waals surface area contributed by atoms with Crippen molar-refractivity contribution in [3.05, 3.63) is 11.8 Å². The highest BCUT2D eigenvalue weighted by molar-refractivity contribution is 6.03. The van der Waals surface area contributed by atoms with Gasteiger partial charge >= 0.3 is 0 Å². The van der Waals surface area contributed by atoms with Crippen LogP contribution in [-0.2, 0) is 9.53 Å². The molecule has 11 heavy (non-hydrogen) atoms. The van der Waals surface area contributed by atoms with Crippen molar-refractivity contribution in [2.24, 2.45) is 5.41 Å². The Morgan fingerprint density at radius 3 is 2.55 bits per heavy atom. The Morgan fingerprint density at radius 1 is 1.55 bits per heavy atom. The minimum absolute atomic E-state index is 0.198. The van der Waals surface area contributed by atoms with Crippen molar-refractivity contribution >= 4 is 5.78 Å². The van der Waals surface area contributed by atoms with Crippen LogP contribution in [0.3, 0.4) is 0 Å². The molecule has 0 bridgehead atoms. The van der Waals surface area contributed by atoms with E-state index in [9.17, 15) is 4.79 Å². The summed E-state index contributed by atoms with van der Waals surface area (Å²) in [6.45, 7) is 6.51. The molecule has 0 heterocycles. The average molecular weight is 154 g/mol. The molecule has 0 aromatic heterocycles. The predicted octanol–water partition coefficient (Wildman–Crippen LogP) is 1.91. The second kappa shape index (κ2) is 2.68. The zero-order valence-electron chi connectivity index (χ0n) is 7.31. The minimum atomic E-state index is -0.310. The first kappa shape index (κ1) is 8.31. The molecular formula is C9H14O2. The Bertz CT molecular complexity index is 206. The number of hydrogen-bond acceptors (Lipinski definition) is 2. The molecule has 1 rings (SSSR count). The lowest BCUT2D eigenvalue weighted by Gasteiger charge is -2.34. The van der Waals surface area contributed by atoms with Crippen LogP contribution in [0.5, 0.6) is 0 Å². The summed E-state index contributed by atoms with van der Waals surface area (Å²) in [5, 5.41) is 0. The number of carbonyl (C=O) groups excluding carboxylic acids is 1. The number of carbonyl (C=O) groups is 1. The lowest BCUT2D eigenvalue weighted by molar-refractivity contribution is -0.127. The SMILES string of the molecule is CCOC1=CC(=O)[C@]1(C)CC. The lowest BCUT2D eigenvalue weighted by Crippen LogP contribution is -2.37. The highest BCUT2D eigenvalue weighted by Crippen LogP contribution is 2.40. The largest absolute Gasteiger partial charge is 0.497 e. The molecule has 62 valence electrons. The van der Waals surface area contributed by atoms with Gasteiger partial charge in [-0.25, -0.2) is 0 Å². The average Bonchev–Trinajstić information content (AvgIpc) is 2.03. The fourth-order valence-corrected chi connectivity index (χ4v) is 1.19. The quantitative estimate of drug-likeness (QED) is 0.620. The molecule has 0 unspecified atom stereocenters. The van der Waals surface area contributed by atoms with Gasteiger partial charge in [0.15, 0.2) is 5.78 Å². The normalized spacial score (nSPS) is 29.4. The van der Waals surface area contributed by atoms with E-state index in [1.807, 2.05) is 20.8 Å². The monoisotopic (exact) mass is 154 g/mol. The number of allylic oxidation sites excluding steroid dienone is 2. The van der Waals surface area contributed by atoms with Gasteiger partial charge in [0.2, 0.25) is 0 Å². The molecule has 1 aliphatic carbocycles. The van der Waals surface area contributed by atoms with Crippen molar-refractivity contribution < 1.29 is 9.53 Å². The molecule has 0 N–H and O–H groups in total. The lowest BCUT2D eigenvalue weighted by atomic mass is 9.72. The van der Waals surface area contributed by atoms with Gasteiger partial charge in [-0.1, -0.05) is 6.92 Å². The zero-order chi connectivity index (χ0) is 8.48. The molecule has 0 radical (unpaired) electrons. The van der Waals surface area contributed by atoms with Crippen molar-refractivity contribution in [3.63, 3.8) is 0 Å². The zero-order valence-corrected chi connectivity index (χ0v) is 7.31. The first-order valence-corrected chi connectivity index (χ1v) is 4.04. The van der Waals surface area contributed by atoms with Crippen LogP contribution in [-0.4, -0.2) is 12.4 Å². The molecule has 1 atom stereocenters. The van der Waals surface area contributed by atoms with Crippen LogP contribution in [0.1, 0.15) is 27.2 Å². The van der Waals surface area contributed by atoms with Crippen LogP contribution in [0.25, 0.3) is 0 Å². The second-order valence-electron chi connectivity index (χ2n) is 2.99. The first-order chi connectivity index (χ1) is 5.15. The third-order valence-electron chi connectivity index (χ3n) is 2.36. The summed E-state index contributed by atoms with van der Waals surface area (Å²) >= 11 is 0. The van der Waals surface area contributed by atoms with Crippen molar-refractivity contribution in [1.82, 2.24) is 0 Å². The van der Waals surface area contributed by atoms with Crippen LogP contribution in [0.4, 0.5) is 0 Å². The van der Waals surface area contributed by atoms with Gasteiger partial charge in [0, 0.05) is 6.08 Å². The third kappa shape index (κ3) is 1.06. The highest BCUT2D eigenvalue weighted by Gasteiger charge is 2.43. The molecule has 0 aromatic carbocycles. The maximum Gasteiger partial charge on any atom is 0.172 e. The fraction of sp³-hybridized carbons (Fsp3) is 0.667. The van der Waals surface area contributed by atoms with Gasteiger partial charge in [-0.15, -0.1) is 0 Å². The standard InChI is InChI=1S/C9H14O2/c1-4-9(3)7(10)6-8(9)11-5-2/h6H,4-5H2,1-3H3/t9-/m0/s1. The van der Waals surface area contributed by atoms with Gasteiger partial charge in [0.05, 0.1) is 12.0 Å². The third-order valence-corrected chi connectivity index (χ3v) is 2.36.